The third-order valence-electron chi connectivity index (χ3n) is 2.95. The molecular weight excluding hydrogens is 295 g/mol. The molecular formula is C15H14BrFO. The maximum Gasteiger partial charge on any atom is 0.126 e. The minimum Gasteiger partial charge on any atom is -0.508 e. The molecule has 0 radical (unpaired) electrons. The van der Waals surface area contributed by atoms with Gasteiger partial charge in [0.15, 0.2) is 0 Å². The molecule has 2 aromatic rings. The molecule has 0 saturated heterocycles. The molecule has 2 rings (SSSR count). The predicted molar refractivity (Wildman–Crippen MR) is 74.7 cm³/mol. The van der Waals surface area contributed by atoms with Crippen LogP contribution in [0.3, 0.4) is 0 Å². The lowest BCUT2D eigenvalue weighted by Gasteiger charge is -2.15. The number of aromatic hydroxyl groups is 1. The molecule has 0 saturated carbocycles. The summed E-state index contributed by atoms with van der Waals surface area (Å²) in [4.78, 5) is 0. The summed E-state index contributed by atoms with van der Waals surface area (Å²) in [6, 6.07) is 13.9. The Balaban J connectivity index is 2.20. The van der Waals surface area contributed by atoms with E-state index in [2.05, 4.69) is 15.9 Å². The molecule has 0 heterocycles. The smallest absolute Gasteiger partial charge is 0.126 e. The Hall–Kier alpha value is -1.35. The largest absolute Gasteiger partial charge is 0.508 e. The van der Waals surface area contributed by atoms with E-state index >= 15 is 0 Å². The zero-order valence-electron chi connectivity index (χ0n) is 9.81. The molecule has 94 valence electrons. The van der Waals surface area contributed by atoms with Gasteiger partial charge >= 0.3 is 0 Å². The first-order valence-electron chi connectivity index (χ1n) is 5.79. The van der Waals surface area contributed by atoms with E-state index in [1.807, 2.05) is 24.3 Å². The van der Waals surface area contributed by atoms with E-state index in [1.165, 1.54) is 6.07 Å². The zero-order valence-corrected chi connectivity index (χ0v) is 11.4. The summed E-state index contributed by atoms with van der Waals surface area (Å²) >= 11 is 3.44. The number of phenolic OH excluding ortho intramolecular Hbond substituents is 1. The number of benzene rings is 2. The molecule has 0 bridgehead atoms. The summed E-state index contributed by atoms with van der Waals surface area (Å²) in [5.74, 6) is 0.177. The molecule has 3 heteroatoms. The van der Waals surface area contributed by atoms with Crippen LogP contribution in [0, 0.1) is 5.82 Å². The maximum atomic E-state index is 13.7. The molecule has 18 heavy (non-hydrogen) atoms. The highest BCUT2D eigenvalue weighted by Gasteiger charge is 2.14. The second kappa shape index (κ2) is 6.01. The number of alkyl halides is 1. The first-order chi connectivity index (χ1) is 8.70. The zero-order chi connectivity index (χ0) is 13.0. The number of phenols is 1. The molecule has 0 aliphatic heterocycles. The van der Waals surface area contributed by atoms with E-state index in [0.717, 1.165) is 17.5 Å². The average molecular weight is 309 g/mol. The van der Waals surface area contributed by atoms with Crippen molar-refractivity contribution in [1.29, 1.82) is 0 Å². The van der Waals surface area contributed by atoms with Crippen LogP contribution in [0.2, 0.25) is 0 Å². The van der Waals surface area contributed by atoms with Crippen LogP contribution in [0.4, 0.5) is 4.39 Å². The normalized spacial score (nSPS) is 12.3. The van der Waals surface area contributed by atoms with Gasteiger partial charge < -0.3 is 5.11 Å². The van der Waals surface area contributed by atoms with Gasteiger partial charge in [0.1, 0.15) is 11.6 Å². The highest BCUT2D eigenvalue weighted by atomic mass is 79.9. The van der Waals surface area contributed by atoms with Crippen molar-refractivity contribution in [1.82, 2.24) is 0 Å². The Bertz CT molecular complexity index is 510. The molecule has 2 aromatic carbocycles. The van der Waals surface area contributed by atoms with E-state index in [0.29, 0.717) is 5.33 Å². The van der Waals surface area contributed by atoms with Gasteiger partial charge in [0.25, 0.3) is 0 Å². The van der Waals surface area contributed by atoms with Crippen molar-refractivity contribution in [2.24, 2.45) is 0 Å². The van der Waals surface area contributed by atoms with Gasteiger partial charge in [-0.15, -0.1) is 0 Å². The van der Waals surface area contributed by atoms with Crippen molar-refractivity contribution in [2.75, 3.05) is 5.33 Å². The van der Waals surface area contributed by atoms with Gasteiger partial charge in [-0.1, -0.05) is 46.3 Å². The summed E-state index contributed by atoms with van der Waals surface area (Å²) < 4.78 is 13.7. The van der Waals surface area contributed by atoms with Gasteiger partial charge in [-0.25, -0.2) is 4.39 Å². The van der Waals surface area contributed by atoms with Gasteiger partial charge in [-0.05, 0) is 35.7 Å². The quantitative estimate of drug-likeness (QED) is 0.837. The van der Waals surface area contributed by atoms with E-state index < -0.39 is 0 Å². The van der Waals surface area contributed by atoms with Crippen molar-refractivity contribution in [3.8, 4) is 5.75 Å². The summed E-state index contributed by atoms with van der Waals surface area (Å²) in [6.45, 7) is 0. The molecule has 1 unspecified atom stereocenters. The highest BCUT2D eigenvalue weighted by molar-refractivity contribution is 9.09. The first kappa shape index (κ1) is 13.1. The summed E-state index contributed by atoms with van der Waals surface area (Å²) in [5.41, 5.74) is 1.81. The van der Waals surface area contributed by atoms with Crippen LogP contribution in [0.1, 0.15) is 17.0 Å². The molecule has 1 nitrogen and oxygen atoms in total. The van der Waals surface area contributed by atoms with Gasteiger partial charge in [0.05, 0.1) is 0 Å². The maximum absolute atomic E-state index is 13.7. The topological polar surface area (TPSA) is 20.2 Å². The Labute approximate surface area is 114 Å². The van der Waals surface area contributed by atoms with Crippen molar-refractivity contribution >= 4 is 15.9 Å². The SMILES string of the molecule is Oc1ccc(CC(CBr)c2ccccc2F)cc1. The van der Waals surface area contributed by atoms with Gasteiger partial charge in [0.2, 0.25) is 0 Å². The summed E-state index contributed by atoms with van der Waals surface area (Å²) in [7, 11) is 0. The van der Waals surface area contributed by atoms with Crippen molar-refractivity contribution in [3.63, 3.8) is 0 Å². The van der Waals surface area contributed by atoms with E-state index in [4.69, 9.17) is 0 Å². The molecule has 1 atom stereocenters. The third kappa shape index (κ3) is 3.10. The number of rotatable bonds is 4. The molecule has 0 spiro atoms. The van der Waals surface area contributed by atoms with Crippen molar-refractivity contribution in [3.05, 3.63) is 65.5 Å². The van der Waals surface area contributed by atoms with Crippen LogP contribution in [-0.2, 0) is 6.42 Å². The summed E-state index contributed by atoms with van der Waals surface area (Å²) in [6.07, 6.45) is 0.743. The predicted octanol–water partition coefficient (Wildman–Crippen LogP) is 4.25. The summed E-state index contributed by atoms with van der Waals surface area (Å²) in [5, 5.41) is 9.94. The minimum atomic E-state index is -0.166. The average Bonchev–Trinajstić information content (AvgIpc) is 2.39. The Morgan fingerprint density at radius 2 is 1.72 bits per heavy atom. The Morgan fingerprint density at radius 1 is 1.06 bits per heavy atom. The van der Waals surface area contributed by atoms with Crippen LogP contribution < -0.4 is 0 Å². The van der Waals surface area contributed by atoms with Gasteiger partial charge in [-0.3, -0.25) is 0 Å². The molecule has 1 N–H and O–H groups in total. The van der Waals surface area contributed by atoms with Crippen molar-refractivity contribution < 1.29 is 9.50 Å². The lowest BCUT2D eigenvalue weighted by atomic mass is 9.93. The number of halogens is 2. The van der Waals surface area contributed by atoms with Crippen LogP contribution >= 0.6 is 15.9 Å². The van der Waals surface area contributed by atoms with Gasteiger partial charge in [0, 0.05) is 11.2 Å². The highest BCUT2D eigenvalue weighted by Crippen LogP contribution is 2.26. The Morgan fingerprint density at radius 3 is 2.33 bits per heavy atom. The second-order valence-electron chi connectivity index (χ2n) is 4.24. The first-order valence-corrected chi connectivity index (χ1v) is 6.91. The molecule has 0 aliphatic rings. The van der Waals surface area contributed by atoms with E-state index in [9.17, 15) is 9.50 Å². The monoisotopic (exact) mass is 308 g/mol. The van der Waals surface area contributed by atoms with E-state index in [-0.39, 0.29) is 17.5 Å². The Kier molecular flexibility index (Phi) is 4.37. The molecule has 0 aromatic heterocycles. The van der Waals surface area contributed by atoms with Gasteiger partial charge in [-0.2, -0.15) is 0 Å². The molecule has 0 aliphatic carbocycles. The van der Waals surface area contributed by atoms with Crippen LogP contribution in [0.25, 0.3) is 0 Å². The fourth-order valence-corrected chi connectivity index (χ4v) is 2.55. The van der Waals surface area contributed by atoms with Crippen molar-refractivity contribution in [2.45, 2.75) is 12.3 Å². The fraction of sp³-hybridized carbons (Fsp3) is 0.200. The number of hydrogen-bond acceptors (Lipinski definition) is 1. The molecule has 0 amide bonds. The van der Waals surface area contributed by atoms with Crippen LogP contribution in [0.5, 0.6) is 5.75 Å². The fourth-order valence-electron chi connectivity index (χ4n) is 1.97. The molecule has 0 fully saturated rings. The lowest BCUT2D eigenvalue weighted by molar-refractivity contribution is 0.475. The lowest BCUT2D eigenvalue weighted by Crippen LogP contribution is -2.06. The van der Waals surface area contributed by atoms with E-state index in [1.54, 1.807) is 18.2 Å². The second-order valence-corrected chi connectivity index (χ2v) is 4.89. The van der Waals surface area contributed by atoms with Crippen LogP contribution in [0.15, 0.2) is 48.5 Å². The van der Waals surface area contributed by atoms with Crippen LogP contribution in [-0.4, -0.2) is 10.4 Å². The minimum absolute atomic E-state index is 0.0933. The number of hydrogen-bond donors (Lipinski definition) is 1. The third-order valence-corrected chi connectivity index (χ3v) is 3.73. The standard InChI is InChI=1S/C15H14BrFO/c16-10-12(14-3-1-2-4-15(14)17)9-11-5-7-13(18)8-6-11/h1-8,12,18H,9-10H2.